The quantitative estimate of drug-likeness (QED) is 0.639. The molecule has 0 spiro atoms. The highest BCUT2D eigenvalue weighted by Crippen LogP contribution is 2.24. The molecule has 0 radical (unpaired) electrons. The van der Waals surface area contributed by atoms with Crippen LogP contribution in [0, 0.1) is 12.8 Å². The number of nitrogens with one attached hydrogen (secondary N) is 1. The SMILES string of the molecule is Cc1ccc(C(NN)c2cccc(CC(C)C)c2)o1. The monoisotopic (exact) mass is 258 g/mol. The zero-order valence-electron chi connectivity index (χ0n) is 11.8. The van der Waals surface area contributed by atoms with E-state index in [0.717, 1.165) is 23.5 Å². The van der Waals surface area contributed by atoms with Crippen LogP contribution in [0.15, 0.2) is 40.8 Å². The maximum Gasteiger partial charge on any atom is 0.126 e. The molecular formula is C16H22N2O. The molecule has 0 aliphatic rings. The van der Waals surface area contributed by atoms with Crippen LogP contribution < -0.4 is 11.3 Å². The van der Waals surface area contributed by atoms with Gasteiger partial charge in [-0.05, 0) is 42.5 Å². The van der Waals surface area contributed by atoms with Gasteiger partial charge in [0.05, 0.1) is 0 Å². The van der Waals surface area contributed by atoms with Crippen LogP contribution >= 0.6 is 0 Å². The van der Waals surface area contributed by atoms with Gasteiger partial charge in [-0.15, -0.1) is 0 Å². The first-order chi connectivity index (χ1) is 9.10. The second kappa shape index (κ2) is 6.04. The zero-order valence-corrected chi connectivity index (χ0v) is 11.8. The molecule has 0 aliphatic heterocycles. The lowest BCUT2D eigenvalue weighted by atomic mass is 9.97. The smallest absolute Gasteiger partial charge is 0.126 e. The Labute approximate surface area is 114 Å². The highest BCUT2D eigenvalue weighted by atomic mass is 16.3. The highest BCUT2D eigenvalue weighted by molar-refractivity contribution is 5.31. The Morgan fingerprint density at radius 3 is 2.58 bits per heavy atom. The van der Waals surface area contributed by atoms with Gasteiger partial charge in [-0.1, -0.05) is 38.1 Å². The Bertz CT molecular complexity index is 531. The van der Waals surface area contributed by atoms with Crippen LogP contribution in [-0.4, -0.2) is 0 Å². The number of rotatable bonds is 5. The van der Waals surface area contributed by atoms with E-state index < -0.39 is 0 Å². The number of hydrogen-bond donors (Lipinski definition) is 2. The maximum absolute atomic E-state index is 5.69. The number of benzene rings is 1. The number of nitrogens with two attached hydrogens (primary N) is 1. The van der Waals surface area contributed by atoms with Gasteiger partial charge in [0.2, 0.25) is 0 Å². The van der Waals surface area contributed by atoms with E-state index in [9.17, 15) is 0 Å². The van der Waals surface area contributed by atoms with E-state index in [-0.39, 0.29) is 6.04 Å². The van der Waals surface area contributed by atoms with Gasteiger partial charge < -0.3 is 4.42 Å². The predicted octanol–water partition coefficient (Wildman–Crippen LogP) is 3.34. The number of aryl methyl sites for hydroxylation is 1. The molecule has 1 aromatic carbocycles. The lowest BCUT2D eigenvalue weighted by Gasteiger charge is -2.15. The van der Waals surface area contributed by atoms with Crippen LogP contribution in [0.4, 0.5) is 0 Å². The summed E-state index contributed by atoms with van der Waals surface area (Å²) in [5, 5.41) is 0. The van der Waals surface area contributed by atoms with Crippen LogP contribution in [0.25, 0.3) is 0 Å². The van der Waals surface area contributed by atoms with E-state index in [1.54, 1.807) is 0 Å². The molecule has 19 heavy (non-hydrogen) atoms. The Morgan fingerprint density at radius 1 is 1.21 bits per heavy atom. The standard InChI is InChI=1S/C16H22N2O/c1-11(2)9-13-5-4-6-14(10-13)16(18-17)15-8-7-12(3)19-15/h4-8,10-11,16,18H,9,17H2,1-3H3. The van der Waals surface area contributed by atoms with Gasteiger partial charge in [0.1, 0.15) is 17.6 Å². The molecule has 0 amide bonds. The lowest BCUT2D eigenvalue weighted by molar-refractivity contribution is 0.434. The Morgan fingerprint density at radius 2 is 2.00 bits per heavy atom. The molecule has 3 heteroatoms. The first-order valence-corrected chi connectivity index (χ1v) is 6.71. The summed E-state index contributed by atoms with van der Waals surface area (Å²) in [6, 6.07) is 12.3. The molecule has 3 N–H and O–H groups in total. The fourth-order valence-corrected chi connectivity index (χ4v) is 2.32. The largest absolute Gasteiger partial charge is 0.464 e. The predicted molar refractivity (Wildman–Crippen MR) is 77.6 cm³/mol. The minimum atomic E-state index is -0.0965. The topological polar surface area (TPSA) is 51.2 Å². The van der Waals surface area contributed by atoms with Crippen LogP contribution in [0.2, 0.25) is 0 Å². The van der Waals surface area contributed by atoms with Crippen molar-refractivity contribution in [1.82, 2.24) is 5.43 Å². The van der Waals surface area contributed by atoms with Gasteiger partial charge in [-0.3, -0.25) is 5.84 Å². The van der Waals surface area contributed by atoms with Crippen molar-refractivity contribution in [3.8, 4) is 0 Å². The zero-order chi connectivity index (χ0) is 13.8. The van der Waals surface area contributed by atoms with Gasteiger partial charge in [-0.25, -0.2) is 5.43 Å². The molecule has 1 unspecified atom stereocenters. The minimum Gasteiger partial charge on any atom is -0.464 e. The summed E-state index contributed by atoms with van der Waals surface area (Å²) in [6.07, 6.45) is 1.07. The molecular weight excluding hydrogens is 236 g/mol. The second-order valence-electron chi connectivity index (χ2n) is 5.39. The highest BCUT2D eigenvalue weighted by Gasteiger charge is 2.16. The van der Waals surface area contributed by atoms with Crippen molar-refractivity contribution in [2.24, 2.45) is 11.8 Å². The number of hydrazine groups is 1. The summed E-state index contributed by atoms with van der Waals surface area (Å²) in [6.45, 7) is 6.38. The summed E-state index contributed by atoms with van der Waals surface area (Å²) < 4.78 is 5.67. The Hall–Kier alpha value is -1.58. The summed E-state index contributed by atoms with van der Waals surface area (Å²) in [5.41, 5.74) is 5.30. The van der Waals surface area contributed by atoms with Crippen molar-refractivity contribution >= 4 is 0 Å². The summed E-state index contributed by atoms with van der Waals surface area (Å²) in [4.78, 5) is 0. The average Bonchev–Trinajstić information content (AvgIpc) is 2.76. The Kier molecular flexibility index (Phi) is 4.40. The third kappa shape index (κ3) is 3.46. The van der Waals surface area contributed by atoms with E-state index >= 15 is 0 Å². The normalized spacial score (nSPS) is 12.9. The van der Waals surface area contributed by atoms with E-state index in [0.29, 0.717) is 5.92 Å². The third-order valence-electron chi connectivity index (χ3n) is 3.14. The van der Waals surface area contributed by atoms with Crippen LogP contribution in [-0.2, 0) is 6.42 Å². The first kappa shape index (κ1) is 13.8. The van der Waals surface area contributed by atoms with Gasteiger partial charge in [0.25, 0.3) is 0 Å². The summed E-state index contributed by atoms with van der Waals surface area (Å²) >= 11 is 0. The molecule has 102 valence electrons. The molecule has 0 saturated heterocycles. The molecule has 0 bridgehead atoms. The minimum absolute atomic E-state index is 0.0965. The summed E-state index contributed by atoms with van der Waals surface area (Å²) in [5.74, 6) is 8.08. The molecule has 1 heterocycles. The molecule has 3 nitrogen and oxygen atoms in total. The molecule has 2 aromatic rings. The summed E-state index contributed by atoms with van der Waals surface area (Å²) in [7, 11) is 0. The molecule has 1 aromatic heterocycles. The number of furan rings is 1. The van der Waals surface area contributed by atoms with E-state index in [1.165, 1.54) is 5.56 Å². The van der Waals surface area contributed by atoms with Gasteiger partial charge in [0.15, 0.2) is 0 Å². The van der Waals surface area contributed by atoms with Crippen molar-refractivity contribution < 1.29 is 4.42 Å². The van der Waals surface area contributed by atoms with E-state index in [2.05, 4.69) is 43.5 Å². The fourth-order valence-electron chi connectivity index (χ4n) is 2.32. The maximum atomic E-state index is 5.69. The number of hydrogen-bond acceptors (Lipinski definition) is 3. The fraction of sp³-hybridized carbons (Fsp3) is 0.375. The van der Waals surface area contributed by atoms with Gasteiger partial charge in [0, 0.05) is 0 Å². The van der Waals surface area contributed by atoms with Crippen molar-refractivity contribution in [3.63, 3.8) is 0 Å². The van der Waals surface area contributed by atoms with Crippen LogP contribution in [0.1, 0.15) is 42.5 Å². The van der Waals surface area contributed by atoms with Gasteiger partial charge >= 0.3 is 0 Å². The molecule has 0 aliphatic carbocycles. The van der Waals surface area contributed by atoms with Crippen molar-refractivity contribution in [2.45, 2.75) is 33.2 Å². The van der Waals surface area contributed by atoms with Crippen molar-refractivity contribution in [1.29, 1.82) is 0 Å². The van der Waals surface area contributed by atoms with Crippen molar-refractivity contribution in [3.05, 3.63) is 59.0 Å². The van der Waals surface area contributed by atoms with Crippen LogP contribution in [0.5, 0.6) is 0 Å². The average molecular weight is 258 g/mol. The van der Waals surface area contributed by atoms with E-state index in [4.69, 9.17) is 10.3 Å². The van der Waals surface area contributed by atoms with Crippen LogP contribution in [0.3, 0.4) is 0 Å². The lowest BCUT2D eigenvalue weighted by Crippen LogP contribution is -2.28. The molecule has 0 fully saturated rings. The molecule has 0 saturated carbocycles. The molecule has 1 atom stereocenters. The second-order valence-corrected chi connectivity index (χ2v) is 5.39. The van der Waals surface area contributed by atoms with Gasteiger partial charge in [-0.2, -0.15) is 0 Å². The third-order valence-corrected chi connectivity index (χ3v) is 3.14. The molecule has 2 rings (SSSR count). The Balaban J connectivity index is 2.28. The van der Waals surface area contributed by atoms with E-state index in [1.807, 2.05) is 19.1 Å². The van der Waals surface area contributed by atoms with Crippen molar-refractivity contribution in [2.75, 3.05) is 0 Å². The first-order valence-electron chi connectivity index (χ1n) is 6.71.